The van der Waals surface area contributed by atoms with E-state index in [9.17, 15) is 5.11 Å². The lowest BCUT2D eigenvalue weighted by Crippen LogP contribution is -2.41. The Balaban J connectivity index is 2.69. The number of methoxy groups -OCH3 is 2. The van der Waals surface area contributed by atoms with E-state index in [-0.39, 0.29) is 11.5 Å². The van der Waals surface area contributed by atoms with E-state index in [2.05, 4.69) is 36.4 Å². The number of nitrogens with zero attached hydrogens (tertiary/aromatic N) is 1. The number of aliphatic imine (C=N–C) groups is 1. The molecule has 2 atom stereocenters. The van der Waals surface area contributed by atoms with Crippen molar-refractivity contribution in [1.82, 2.24) is 10.6 Å². The van der Waals surface area contributed by atoms with Crippen molar-refractivity contribution in [2.75, 3.05) is 33.9 Å². The molecule has 0 aliphatic carbocycles. The maximum Gasteiger partial charge on any atom is 0.191 e. The fraction of sp³-hybridized carbons (Fsp3) is 0.632. The van der Waals surface area contributed by atoms with E-state index in [1.165, 1.54) is 0 Å². The Morgan fingerprint density at radius 3 is 2.52 bits per heavy atom. The first-order chi connectivity index (χ1) is 11.8. The maximum absolute atomic E-state index is 10.4. The summed E-state index contributed by atoms with van der Waals surface area (Å²) < 4.78 is 10.7. The summed E-state index contributed by atoms with van der Waals surface area (Å²) in [6, 6.07) is 7.42. The summed E-state index contributed by atoms with van der Waals surface area (Å²) in [5.41, 5.74) is 0.808. The van der Waals surface area contributed by atoms with Crippen molar-refractivity contribution in [3.05, 3.63) is 29.8 Å². The molecule has 0 saturated carbocycles. The van der Waals surface area contributed by atoms with Crippen LogP contribution in [0, 0.1) is 5.41 Å². The molecule has 1 aromatic carbocycles. The molecule has 1 aromatic rings. The van der Waals surface area contributed by atoms with Crippen molar-refractivity contribution in [3.8, 4) is 5.75 Å². The van der Waals surface area contributed by atoms with Crippen LogP contribution in [0.2, 0.25) is 0 Å². The van der Waals surface area contributed by atoms with Gasteiger partial charge >= 0.3 is 0 Å². The topological polar surface area (TPSA) is 75.1 Å². The van der Waals surface area contributed by atoms with Gasteiger partial charge in [0, 0.05) is 20.2 Å². The normalized spacial score (nSPS) is 14.8. The zero-order valence-corrected chi connectivity index (χ0v) is 16.3. The Bertz CT molecular complexity index is 541. The number of benzene rings is 1. The number of aliphatic hydroxyl groups is 1. The van der Waals surface area contributed by atoms with Crippen LogP contribution in [0.1, 0.15) is 39.4 Å². The van der Waals surface area contributed by atoms with E-state index in [1.54, 1.807) is 14.2 Å². The van der Waals surface area contributed by atoms with Gasteiger partial charge in [0.1, 0.15) is 5.75 Å². The van der Waals surface area contributed by atoms with E-state index in [1.807, 2.05) is 31.2 Å². The van der Waals surface area contributed by atoms with Crippen LogP contribution in [-0.4, -0.2) is 51.0 Å². The van der Waals surface area contributed by atoms with Crippen molar-refractivity contribution in [3.63, 3.8) is 0 Å². The van der Waals surface area contributed by atoms with Crippen LogP contribution >= 0.6 is 0 Å². The molecule has 0 aromatic heterocycles. The summed E-state index contributed by atoms with van der Waals surface area (Å²) >= 11 is 0. The molecule has 0 aliphatic heterocycles. The van der Waals surface area contributed by atoms with Crippen LogP contribution < -0.4 is 15.4 Å². The van der Waals surface area contributed by atoms with Gasteiger partial charge in [-0.05, 0) is 30.0 Å². The number of nitrogens with one attached hydrogen (secondary N) is 2. The summed E-state index contributed by atoms with van der Waals surface area (Å²) in [7, 11) is 3.32. The number of aliphatic hydroxyl groups excluding tert-OH is 1. The molecule has 0 heterocycles. The second-order valence-corrected chi connectivity index (χ2v) is 6.98. The molecule has 25 heavy (non-hydrogen) atoms. The zero-order valence-electron chi connectivity index (χ0n) is 16.3. The average molecular weight is 351 g/mol. The summed E-state index contributed by atoms with van der Waals surface area (Å²) in [4.78, 5) is 4.58. The predicted molar refractivity (Wildman–Crippen MR) is 102 cm³/mol. The molecule has 0 aliphatic rings. The van der Waals surface area contributed by atoms with E-state index >= 15 is 0 Å². The van der Waals surface area contributed by atoms with Crippen molar-refractivity contribution in [2.45, 2.75) is 39.9 Å². The average Bonchev–Trinajstić information content (AvgIpc) is 2.58. The maximum atomic E-state index is 10.4. The Kier molecular flexibility index (Phi) is 8.72. The lowest BCUT2D eigenvalue weighted by molar-refractivity contribution is 0.0241. The number of ether oxygens (including phenoxy) is 2. The molecule has 0 spiro atoms. The van der Waals surface area contributed by atoms with Gasteiger partial charge in [-0.25, -0.2) is 0 Å². The molecule has 1 rings (SSSR count). The summed E-state index contributed by atoms with van der Waals surface area (Å²) in [5.74, 6) is 1.39. The van der Waals surface area contributed by atoms with Gasteiger partial charge in [0.2, 0.25) is 0 Å². The van der Waals surface area contributed by atoms with Crippen LogP contribution in [0.3, 0.4) is 0 Å². The van der Waals surface area contributed by atoms with E-state index < -0.39 is 6.10 Å². The summed E-state index contributed by atoms with van der Waals surface area (Å²) in [6.45, 7) is 10.0. The van der Waals surface area contributed by atoms with Gasteiger partial charge in [0.25, 0.3) is 0 Å². The first kappa shape index (κ1) is 21.3. The third-order valence-electron chi connectivity index (χ3n) is 3.95. The second-order valence-electron chi connectivity index (χ2n) is 6.98. The van der Waals surface area contributed by atoms with Crippen molar-refractivity contribution >= 4 is 5.96 Å². The molecule has 0 bridgehead atoms. The minimum Gasteiger partial charge on any atom is -0.497 e. The SMILES string of the molecule is CCNC(=NCC(OC)C(C)(C)C)NCC(O)c1cccc(OC)c1. The third kappa shape index (κ3) is 7.32. The van der Waals surface area contributed by atoms with Gasteiger partial charge < -0.3 is 25.2 Å². The van der Waals surface area contributed by atoms with Crippen molar-refractivity contribution in [1.29, 1.82) is 0 Å². The fourth-order valence-electron chi connectivity index (χ4n) is 2.38. The van der Waals surface area contributed by atoms with Gasteiger partial charge in [-0.15, -0.1) is 0 Å². The first-order valence-electron chi connectivity index (χ1n) is 8.68. The number of rotatable bonds is 8. The van der Waals surface area contributed by atoms with Gasteiger partial charge in [-0.1, -0.05) is 32.9 Å². The molecule has 0 fully saturated rings. The van der Waals surface area contributed by atoms with E-state index in [0.29, 0.717) is 19.0 Å². The van der Waals surface area contributed by atoms with Crippen LogP contribution in [-0.2, 0) is 4.74 Å². The molecule has 3 N–H and O–H groups in total. The van der Waals surface area contributed by atoms with Gasteiger partial charge in [0.05, 0.1) is 25.9 Å². The Morgan fingerprint density at radius 1 is 1.24 bits per heavy atom. The standard InChI is InChI=1S/C19H33N3O3/c1-7-20-18(22-13-17(25-6)19(2,3)4)21-12-16(23)14-9-8-10-15(11-14)24-5/h8-11,16-17,23H,7,12-13H2,1-6H3,(H2,20,21,22). The number of hydrogen-bond acceptors (Lipinski definition) is 4. The molecule has 6 heteroatoms. The summed E-state index contributed by atoms with van der Waals surface area (Å²) in [5, 5.41) is 16.8. The molecule has 0 saturated heterocycles. The molecule has 0 radical (unpaired) electrons. The lowest BCUT2D eigenvalue weighted by Gasteiger charge is -2.28. The highest BCUT2D eigenvalue weighted by Gasteiger charge is 2.24. The quantitative estimate of drug-likeness (QED) is 0.495. The van der Waals surface area contributed by atoms with Gasteiger partial charge in [0.15, 0.2) is 5.96 Å². The Morgan fingerprint density at radius 2 is 1.96 bits per heavy atom. The molecule has 142 valence electrons. The smallest absolute Gasteiger partial charge is 0.191 e. The highest BCUT2D eigenvalue weighted by atomic mass is 16.5. The monoisotopic (exact) mass is 351 g/mol. The van der Waals surface area contributed by atoms with Gasteiger partial charge in [-0.3, -0.25) is 4.99 Å². The lowest BCUT2D eigenvalue weighted by atomic mass is 9.89. The highest BCUT2D eigenvalue weighted by Crippen LogP contribution is 2.22. The van der Waals surface area contributed by atoms with Crippen molar-refractivity contribution < 1.29 is 14.6 Å². The minimum atomic E-state index is -0.653. The third-order valence-corrected chi connectivity index (χ3v) is 3.95. The Labute approximate surface area is 151 Å². The molecule has 2 unspecified atom stereocenters. The largest absolute Gasteiger partial charge is 0.497 e. The minimum absolute atomic E-state index is 0.00960. The Hall–Kier alpha value is -1.79. The molecular weight excluding hydrogens is 318 g/mol. The van der Waals surface area contributed by atoms with Crippen LogP contribution in [0.5, 0.6) is 5.75 Å². The number of guanidine groups is 1. The second kappa shape index (κ2) is 10.3. The van der Waals surface area contributed by atoms with Crippen LogP contribution in [0.15, 0.2) is 29.3 Å². The number of hydrogen-bond donors (Lipinski definition) is 3. The first-order valence-corrected chi connectivity index (χ1v) is 8.68. The van der Waals surface area contributed by atoms with E-state index in [0.717, 1.165) is 17.9 Å². The van der Waals surface area contributed by atoms with Crippen molar-refractivity contribution in [2.24, 2.45) is 10.4 Å². The van der Waals surface area contributed by atoms with Crippen LogP contribution in [0.4, 0.5) is 0 Å². The molecular formula is C19H33N3O3. The predicted octanol–water partition coefficient (Wildman–Crippen LogP) is 2.34. The fourth-order valence-corrected chi connectivity index (χ4v) is 2.38. The van der Waals surface area contributed by atoms with E-state index in [4.69, 9.17) is 9.47 Å². The highest BCUT2D eigenvalue weighted by molar-refractivity contribution is 5.79. The van der Waals surface area contributed by atoms with Gasteiger partial charge in [-0.2, -0.15) is 0 Å². The van der Waals surface area contributed by atoms with Crippen LogP contribution in [0.25, 0.3) is 0 Å². The summed E-state index contributed by atoms with van der Waals surface area (Å²) in [6.07, 6.45) is -0.633. The molecule has 0 amide bonds. The zero-order chi connectivity index (χ0) is 18.9. The molecule has 6 nitrogen and oxygen atoms in total.